The van der Waals surface area contributed by atoms with E-state index in [1.54, 1.807) is 31.2 Å². The largest absolute Gasteiger partial charge is 0.426 e. The van der Waals surface area contributed by atoms with Crippen molar-refractivity contribution in [2.24, 2.45) is 11.8 Å². The average molecular weight is 335 g/mol. The van der Waals surface area contributed by atoms with E-state index in [4.69, 9.17) is 4.74 Å². The molecule has 0 radical (unpaired) electrons. The first kappa shape index (κ1) is 15.6. The highest BCUT2D eigenvalue weighted by atomic mass is 16.5. The normalized spacial score (nSPS) is 25.3. The summed E-state index contributed by atoms with van der Waals surface area (Å²) in [7, 11) is 0. The van der Waals surface area contributed by atoms with E-state index in [9.17, 15) is 14.4 Å². The van der Waals surface area contributed by atoms with Crippen LogP contribution in [0, 0.1) is 18.8 Å². The average Bonchev–Trinajstić information content (AvgIpc) is 2.60. The summed E-state index contributed by atoms with van der Waals surface area (Å²) in [4.78, 5) is 39.6. The van der Waals surface area contributed by atoms with Crippen molar-refractivity contribution >= 4 is 23.5 Å². The van der Waals surface area contributed by atoms with E-state index in [1.807, 2.05) is 31.2 Å². The van der Waals surface area contributed by atoms with Crippen molar-refractivity contribution in [1.82, 2.24) is 0 Å². The Morgan fingerprint density at radius 1 is 0.920 bits per heavy atom. The number of benzene rings is 2. The minimum absolute atomic E-state index is 0.292. The van der Waals surface area contributed by atoms with Crippen LogP contribution in [-0.2, 0) is 14.4 Å². The molecular weight excluding hydrogens is 318 g/mol. The van der Waals surface area contributed by atoms with Gasteiger partial charge in [0, 0.05) is 17.4 Å². The second-order valence-corrected chi connectivity index (χ2v) is 6.60. The zero-order valence-corrected chi connectivity index (χ0v) is 13.9. The molecule has 2 aliphatic heterocycles. The molecule has 0 saturated carbocycles. The number of carbonyl (C=O) groups is 3. The van der Waals surface area contributed by atoms with Gasteiger partial charge in [0.05, 0.1) is 5.69 Å². The van der Waals surface area contributed by atoms with Gasteiger partial charge in [0.15, 0.2) is 0 Å². The number of nitrogens with zero attached hydrogens (tertiary/aromatic N) is 1. The molecule has 25 heavy (non-hydrogen) atoms. The number of carbonyl (C=O) groups excluding carboxylic acids is 3. The van der Waals surface area contributed by atoms with Crippen LogP contribution in [0.15, 0.2) is 48.5 Å². The lowest BCUT2D eigenvalue weighted by Gasteiger charge is -2.41. The number of esters is 1. The van der Waals surface area contributed by atoms with Crippen molar-refractivity contribution in [2.75, 3.05) is 4.90 Å². The molecule has 4 rings (SSSR count). The minimum atomic E-state index is -0.996. The number of anilines is 1. The quantitative estimate of drug-likeness (QED) is 0.348. The van der Waals surface area contributed by atoms with Crippen LogP contribution >= 0.6 is 0 Å². The molecule has 0 N–H and O–H groups in total. The summed E-state index contributed by atoms with van der Waals surface area (Å²) in [6.45, 7) is 3.70. The SMILES string of the molecule is Cc1ccc(N2C(=O)[C@@H]3C(=O)Oc4ccccc4[C@@H]3[C@H](C)C2=O)cc1. The van der Waals surface area contributed by atoms with Crippen molar-refractivity contribution < 1.29 is 19.1 Å². The third-order valence-electron chi connectivity index (χ3n) is 5.03. The summed E-state index contributed by atoms with van der Waals surface area (Å²) in [6.07, 6.45) is 0. The van der Waals surface area contributed by atoms with E-state index < -0.39 is 29.6 Å². The molecule has 2 aliphatic rings. The molecule has 0 aromatic heterocycles. The van der Waals surface area contributed by atoms with Gasteiger partial charge in [-0.05, 0) is 25.1 Å². The highest BCUT2D eigenvalue weighted by molar-refractivity contribution is 6.23. The fourth-order valence-electron chi connectivity index (χ4n) is 3.71. The van der Waals surface area contributed by atoms with E-state index in [-0.39, 0.29) is 5.91 Å². The van der Waals surface area contributed by atoms with Crippen LogP contribution in [0.4, 0.5) is 5.69 Å². The standard InChI is InChI=1S/C20H17NO4/c1-11-7-9-13(10-8-11)21-18(22)12(2)16-14-5-3-4-6-15(14)25-20(24)17(16)19(21)23/h3-10,12,16-17H,1-2H3/t12-,16-,17+/m0/s1. The van der Waals surface area contributed by atoms with Crippen LogP contribution in [0.5, 0.6) is 5.75 Å². The zero-order chi connectivity index (χ0) is 17.7. The van der Waals surface area contributed by atoms with Gasteiger partial charge in [-0.2, -0.15) is 0 Å². The molecule has 5 nitrogen and oxygen atoms in total. The Hall–Kier alpha value is -2.95. The molecule has 2 heterocycles. The fraction of sp³-hybridized carbons (Fsp3) is 0.250. The first-order valence-electron chi connectivity index (χ1n) is 8.24. The second kappa shape index (κ2) is 5.55. The number of hydrogen-bond donors (Lipinski definition) is 0. The predicted octanol–water partition coefficient (Wildman–Crippen LogP) is 2.82. The number of para-hydroxylation sites is 1. The van der Waals surface area contributed by atoms with E-state index in [0.29, 0.717) is 11.4 Å². The number of piperidine rings is 1. The number of ether oxygens (including phenoxy) is 1. The summed E-state index contributed by atoms with van der Waals surface area (Å²) in [5.41, 5.74) is 2.25. The maximum Gasteiger partial charge on any atom is 0.324 e. The first-order chi connectivity index (χ1) is 12.0. The summed E-state index contributed by atoms with van der Waals surface area (Å²) >= 11 is 0. The van der Waals surface area contributed by atoms with Gasteiger partial charge in [0.1, 0.15) is 11.7 Å². The lowest BCUT2D eigenvalue weighted by molar-refractivity contribution is -0.151. The molecule has 0 aliphatic carbocycles. The van der Waals surface area contributed by atoms with E-state index in [2.05, 4.69) is 0 Å². The van der Waals surface area contributed by atoms with E-state index in [0.717, 1.165) is 16.0 Å². The zero-order valence-electron chi connectivity index (χ0n) is 13.9. The number of aryl methyl sites for hydroxylation is 1. The van der Waals surface area contributed by atoms with Crippen molar-refractivity contribution in [3.05, 3.63) is 59.7 Å². The van der Waals surface area contributed by atoms with Gasteiger partial charge in [-0.15, -0.1) is 0 Å². The molecule has 2 amide bonds. The lowest BCUT2D eigenvalue weighted by atomic mass is 9.72. The Bertz CT molecular complexity index is 887. The monoisotopic (exact) mass is 335 g/mol. The lowest BCUT2D eigenvalue weighted by Crippen LogP contribution is -2.57. The molecule has 2 aromatic rings. The topological polar surface area (TPSA) is 63.7 Å². The molecule has 1 fully saturated rings. The van der Waals surface area contributed by atoms with Crippen LogP contribution < -0.4 is 9.64 Å². The summed E-state index contributed by atoms with van der Waals surface area (Å²) in [5, 5.41) is 0. The molecule has 3 atom stereocenters. The van der Waals surface area contributed by atoms with Crippen LogP contribution in [0.3, 0.4) is 0 Å². The van der Waals surface area contributed by atoms with E-state index >= 15 is 0 Å². The fourth-order valence-corrected chi connectivity index (χ4v) is 3.71. The molecule has 126 valence electrons. The third-order valence-corrected chi connectivity index (χ3v) is 5.03. The first-order valence-corrected chi connectivity index (χ1v) is 8.24. The smallest absolute Gasteiger partial charge is 0.324 e. The number of amides is 2. The van der Waals surface area contributed by atoms with Gasteiger partial charge in [-0.3, -0.25) is 14.4 Å². The third kappa shape index (κ3) is 2.27. The van der Waals surface area contributed by atoms with Gasteiger partial charge in [-0.25, -0.2) is 4.90 Å². The van der Waals surface area contributed by atoms with Crippen LogP contribution in [-0.4, -0.2) is 17.8 Å². The van der Waals surface area contributed by atoms with E-state index in [1.165, 1.54) is 0 Å². The molecule has 1 saturated heterocycles. The predicted molar refractivity (Wildman–Crippen MR) is 91.1 cm³/mol. The molecular formula is C20H17NO4. The Morgan fingerprint density at radius 2 is 1.60 bits per heavy atom. The maximum absolute atomic E-state index is 13.0. The van der Waals surface area contributed by atoms with Gasteiger partial charge in [-0.1, -0.05) is 42.8 Å². The Morgan fingerprint density at radius 3 is 2.32 bits per heavy atom. The van der Waals surface area contributed by atoms with Crippen LogP contribution in [0.25, 0.3) is 0 Å². The Balaban J connectivity index is 1.81. The summed E-state index contributed by atoms with van der Waals surface area (Å²) < 4.78 is 5.36. The highest BCUT2D eigenvalue weighted by Gasteiger charge is 2.54. The van der Waals surface area contributed by atoms with Crippen LogP contribution in [0.2, 0.25) is 0 Å². The van der Waals surface area contributed by atoms with Crippen LogP contribution in [0.1, 0.15) is 24.0 Å². The molecule has 2 aromatic carbocycles. The van der Waals surface area contributed by atoms with Gasteiger partial charge in [0.25, 0.3) is 0 Å². The minimum Gasteiger partial charge on any atom is -0.426 e. The second-order valence-electron chi connectivity index (χ2n) is 6.60. The molecule has 0 bridgehead atoms. The molecule has 0 spiro atoms. The summed E-state index contributed by atoms with van der Waals surface area (Å²) in [5.74, 6) is -2.95. The Kier molecular flexibility index (Phi) is 3.46. The van der Waals surface area contributed by atoms with Gasteiger partial charge < -0.3 is 4.74 Å². The van der Waals surface area contributed by atoms with Crippen molar-refractivity contribution in [3.8, 4) is 5.75 Å². The van der Waals surface area contributed by atoms with Crippen molar-refractivity contribution in [2.45, 2.75) is 19.8 Å². The van der Waals surface area contributed by atoms with Crippen molar-refractivity contribution in [1.29, 1.82) is 0 Å². The number of fused-ring (bicyclic) bond motifs is 3. The maximum atomic E-state index is 13.0. The summed E-state index contributed by atoms with van der Waals surface area (Å²) in [6, 6.07) is 14.2. The number of rotatable bonds is 1. The van der Waals surface area contributed by atoms with Gasteiger partial charge in [0.2, 0.25) is 11.8 Å². The van der Waals surface area contributed by atoms with Gasteiger partial charge >= 0.3 is 5.97 Å². The Labute approximate surface area is 145 Å². The number of hydrogen-bond acceptors (Lipinski definition) is 4. The van der Waals surface area contributed by atoms with Crippen molar-refractivity contribution in [3.63, 3.8) is 0 Å². The molecule has 0 unspecified atom stereocenters. The molecule has 5 heteroatoms. The highest BCUT2D eigenvalue weighted by Crippen LogP contribution is 2.46. The number of imide groups is 1.